The molecule has 1 N–H and O–H groups in total. The Morgan fingerprint density at radius 3 is 2.62 bits per heavy atom. The van der Waals surface area contributed by atoms with Crippen LogP contribution in [0.5, 0.6) is 0 Å². The van der Waals surface area contributed by atoms with E-state index in [1.165, 1.54) is 5.56 Å². The van der Waals surface area contributed by atoms with Gasteiger partial charge < -0.3 is 10.2 Å². The van der Waals surface area contributed by atoms with E-state index in [2.05, 4.69) is 19.2 Å². The van der Waals surface area contributed by atoms with Crippen molar-refractivity contribution in [1.82, 2.24) is 5.32 Å². The Balaban J connectivity index is 1.98. The molecule has 2 amide bonds. The second kappa shape index (κ2) is 7.25. The van der Waals surface area contributed by atoms with Gasteiger partial charge in [-0.3, -0.25) is 9.59 Å². The van der Waals surface area contributed by atoms with Crippen LogP contribution >= 0.6 is 0 Å². The molecule has 1 aliphatic rings. The SMILES string of the molecule is CCCCNC(=O)[C@@H]1CCN(c2ccc(CC)cc2)C1=O. The predicted octanol–water partition coefficient (Wildman–Crippen LogP) is 2.52. The van der Waals surface area contributed by atoms with Gasteiger partial charge in [0.1, 0.15) is 5.92 Å². The van der Waals surface area contributed by atoms with Gasteiger partial charge in [0.05, 0.1) is 0 Å². The Kier molecular flexibility index (Phi) is 5.37. The van der Waals surface area contributed by atoms with E-state index in [0.29, 0.717) is 19.5 Å². The fourth-order valence-electron chi connectivity index (χ4n) is 2.60. The van der Waals surface area contributed by atoms with E-state index in [0.717, 1.165) is 24.9 Å². The maximum Gasteiger partial charge on any atom is 0.239 e. The van der Waals surface area contributed by atoms with Crippen molar-refractivity contribution in [2.24, 2.45) is 5.92 Å². The van der Waals surface area contributed by atoms with E-state index >= 15 is 0 Å². The number of rotatable bonds is 6. The molecule has 0 aliphatic carbocycles. The van der Waals surface area contributed by atoms with E-state index in [4.69, 9.17) is 0 Å². The number of hydrogen-bond acceptors (Lipinski definition) is 2. The van der Waals surface area contributed by atoms with Gasteiger partial charge >= 0.3 is 0 Å². The van der Waals surface area contributed by atoms with E-state index in [1.54, 1.807) is 4.90 Å². The van der Waals surface area contributed by atoms with Crippen molar-refractivity contribution < 1.29 is 9.59 Å². The van der Waals surface area contributed by atoms with Crippen LogP contribution in [-0.2, 0) is 16.0 Å². The van der Waals surface area contributed by atoms with E-state index < -0.39 is 5.92 Å². The quantitative estimate of drug-likeness (QED) is 0.646. The summed E-state index contributed by atoms with van der Waals surface area (Å²) >= 11 is 0. The van der Waals surface area contributed by atoms with Gasteiger partial charge in [0, 0.05) is 18.8 Å². The summed E-state index contributed by atoms with van der Waals surface area (Å²) in [5.41, 5.74) is 2.14. The standard InChI is InChI=1S/C17H24N2O2/c1-3-5-11-18-16(20)15-10-12-19(17(15)21)14-8-6-13(4-2)7-9-14/h6-9,15H,3-5,10-12H2,1-2H3,(H,18,20)/t15-/m0/s1. The molecule has 4 heteroatoms. The van der Waals surface area contributed by atoms with Gasteiger partial charge in [0.25, 0.3) is 0 Å². The molecule has 21 heavy (non-hydrogen) atoms. The number of carbonyl (C=O) groups is 2. The van der Waals surface area contributed by atoms with Crippen LogP contribution in [0.3, 0.4) is 0 Å². The third kappa shape index (κ3) is 3.63. The molecule has 1 fully saturated rings. The summed E-state index contributed by atoms with van der Waals surface area (Å²) in [4.78, 5) is 26.2. The molecule has 4 nitrogen and oxygen atoms in total. The average Bonchev–Trinajstić information content (AvgIpc) is 2.89. The fourth-order valence-corrected chi connectivity index (χ4v) is 2.60. The number of nitrogens with zero attached hydrogens (tertiary/aromatic N) is 1. The minimum absolute atomic E-state index is 0.0757. The molecule has 114 valence electrons. The highest BCUT2D eigenvalue weighted by Crippen LogP contribution is 2.25. The summed E-state index contributed by atoms with van der Waals surface area (Å²) in [6.07, 6.45) is 3.58. The maximum atomic E-state index is 12.4. The third-order valence-corrected chi connectivity index (χ3v) is 4.01. The van der Waals surface area contributed by atoms with Crippen LogP contribution in [0.15, 0.2) is 24.3 Å². The molecule has 0 radical (unpaired) electrons. The molecular weight excluding hydrogens is 264 g/mol. The zero-order valence-corrected chi connectivity index (χ0v) is 12.9. The largest absolute Gasteiger partial charge is 0.355 e. The molecule has 0 spiro atoms. The zero-order chi connectivity index (χ0) is 15.2. The van der Waals surface area contributed by atoms with Crippen LogP contribution in [-0.4, -0.2) is 24.9 Å². The Labute approximate surface area is 126 Å². The summed E-state index contributed by atoms with van der Waals surface area (Å²) in [7, 11) is 0. The highest BCUT2D eigenvalue weighted by atomic mass is 16.2. The lowest BCUT2D eigenvalue weighted by Gasteiger charge is -2.17. The number of hydrogen-bond donors (Lipinski definition) is 1. The van der Waals surface area contributed by atoms with Crippen LogP contribution in [0.1, 0.15) is 38.7 Å². The zero-order valence-electron chi connectivity index (χ0n) is 12.9. The highest BCUT2D eigenvalue weighted by Gasteiger charge is 2.37. The monoisotopic (exact) mass is 288 g/mol. The Hall–Kier alpha value is -1.84. The third-order valence-electron chi connectivity index (χ3n) is 4.01. The molecule has 1 aromatic carbocycles. The molecule has 0 bridgehead atoms. The number of nitrogens with one attached hydrogen (secondary N) is 1. The Bertz CT molecular complexity index is 496. The molecule has 1 aliphatic heterocycles. The van der Waals surface area contributed by atoms with Gasteiger partial charge in [-0.1, -0.05) is 32.4 Å². The number of benzene rings is 1. The topological polar surface area (TPSA) is 49.4 Å². The predicted molar refractivity (Wildman–Crippen MR) is 84.2 cm³/mol. The van der Waals surface area contributed by atoms with Crippen molar-refractivity contribution in [3.8, 4) is 0 Å². The number of unbranched alkanes of at least 4 members (excludes halogenated alkanes) is 1. The van der Waals surface area contributed by atoms with E-state index in [9.17, 15) is 9.59 Å². The molecule has 1 atom stereocenters. The summed E-state index contributed by atoms with van der Waals surface area (Å²) in [5.74, 6) is -0.720. The summed E-state index contributed by atoms with van der Waals surface area (Å²) in [6, 6.07) is 8.01. The second-order valence-electron chi connectivity index (χ2n) is 5.50. The highest BCUT2D eigenvalue weighted by molar-refractivity contribution is 6.09. The van der Waals surface area contributed by atoms with Crippen LogP contribution in [0.4, 0.5) is 5.69 Å². The van der Waals surface area contributed by atoms with Gasteiger partial charge in [0.2, 0.25) is 11.8 Å². The van der Waals surface area contributed by atoms with Crippen molar-refractivity contribution in [3.63, 3.8) is 0 Å². The number of carbonyl (C=O) groups excluding carboxylic acids is 2. The van der Waals surface area contributed by atoms with Gasteiger partial charge in [-0.2, -0.15) is 0 Å². The molecule has 1 aromatic rings. The molecule has 2 rings (SSSR count). The van der Waals surface area contributed by atoms with Crippen molar-refractivity contribution in [1.29, 1.82) is 0 Å². The van der Waals surface area contributed by atoms with Crippen molar-refractivity contribution in [2.45, 2.75) is 39.5 Å². The first-order valence-corrected chi connectivity index (χ1v) is 7.85. The molecule has 1 saturated heterocycles. The summed E-state index contributed by atoms with van der Waals surface area (Å²) < 4.78 is 0. The van der Waals surface area contributed by atoms with Gasteiger partial charge in [-0.15, -0.1) is 0 Å². The van der Waals surface area contributed by atoms with Crippen LogP contribution in [0, 0.1) is 5.92 Å². The van der Waals surface area contributed by atoms with Gasteiger partial charge in [0.15, 0.2) is 0 Å². The first-order chi connectivity index (χ1) is 10.2. The first-order valence-electron chi connectivity index (χ1n) is 7.85. The minimum atomic E-state index is -0.521. The Morgan fingerprint density at radius 2 is 2.00 bits per heavy atom. The lowest BCUT2D eigenvalue weighted by atomic mass is 10.1. The maximum absolute atomic E-state index is 12.4. The van der Waals surface area contributed by atoms with Crippen molar-refractivity contribution in [2.75, 3.05) is 18.0 Å². The second-order valence-corrected chi connectivity index (χ2v) is 5.50. The number of amides is 2. The van der Waals surface area contributed by atoms with Crippen LogP contribution in [0.2, 0.25) is 0 Å². The van der Waals surface area contributed by atoms with Gasteiger partial charge in [-0.25, -0.2) is 0 Å². The van der Waals surface area contributed by atoms with Gasteiger partial charge in [-0.05, 0) is 37.0 Å². The lowest BCUT2D eigenvalue weighted by Crippen LogP contribution is -2.37. The molecule has 1 heterocycles. The van der Waals surface area contributed by atoms with E-state index in [1.807, 2.05) is 24.3 Å². The minimum Gasteiger partial charge on any atom is -0.355 e. The fraction of sp³-hybridized carbons (Fsp3) is 0.529. The van der Waals surface area contributed by atoms with Crippen molar-refractivity contribution >= 4 is 17.5 Å². The lowest BCUT2D eigenvalue weighted by molar-refractivity contribution is -0.132. The molecule has 0 unspecified atom stereocenters. The van der Waals surface area contributed by atoms with E-state index in [-0.39, 0.29) is 11.8 Å². The number of aryl methyl sites for hydroxylation is 1. The molecule has 0 saturated carbocycles. The summed E-state index contributed by atoms with van der Waals surface area (Å²) in [5, 5.41) is 2.86. The molecule has 0 aromatic heterocycles. The van der Waals surface area contributed by atoms with Crippen LogP contribution < -0.4 is 10.2 Å². The Morgan fingerprint density at radius 1 is 1.29 bits per heavy atom. The normalized spacial score (nSPS) is 18.1. The first kappa shape index (κ1) is 15.5. The van der Waals surface area contributed by atoms with Crippen LogP contribution in [0.25, 0.3) is 0 Å². The number of anilines is 1. The summed E-state index contributed by atoms with van der Waals surface area (Å²) in [6.45, 7) is 5.46. The smallest absolute Gasteiger partial charge is 0.239 e. The average molecular weight is 288 g/mol. The van der Waals surface area contributed by atoms with Crippen molar-refractivity contribution in [3.05, 3.63) is 29.8 Å². The molecular formula is C17H24N2O2.